The Morgan fingerprint density at radius 2 is 2.31 bits per heavy atom. The molecule has 2 rings (SSSR count). The molecule has 0 saturated heterocycles. The summed E-state index contributed by atoms with van der Waals surface area (Å²) in [6, 6.07) is 1.28. The van der Waals surface area contributed by atoms with Gasteiger partial charge in [0.15, 0.2) is 0 Å². The highest BCUT2D eigenvalue weighted by molar-refractivity contribution is 7.12. The van der Waals surface area contributed by atoms with Crippen LogP contribution in [-0.4, -0.2) is 14.5 Å². The number of nitrogens with zero attached hydrogens (tertiary/aromatic N) is 2. The first-order valence-corrected chi connectivity index (χ1v) is 4.37. The Morgan fingerprint density at radius 1 is 1.46 bits per heavy atom. The van der Waals surface area contributed by atoms with Gasteiger partial charge < -0.3 is 4.98 Å². The van der Waals surface area contributed by atoms with E-state index in [0.29, 0.717) is 5.13 Å². The predicted molar refractivity (Wildman–Crippen MR) is 48.3 cm³/mol. The van der Waals surface area contributed by atoms with Crippen LogP contribution in [0.15, 0.2) is 33.4 Å². The Kier molecular flexibility index (Phi) is 1.82. The molecule has 0 bridgehead atoms. The highest BCUT2D eigenvalue weighted by Crippen LogP contribution is 2.04. The normalized spacial score (nSPS) is 10.2. The van der Waals surface area contributed by atoms with Crippen LogP contribution in [0.25, 0.3) is 5.13 Å². The Labute approximate surface area is 76.3 Å². The largest absolute Gasteiger partial charge is 0.334 e. The van der Waals surface area contributed by atoms with E-state index in [1.54, 1.807) is 11.6 Å². The Morgan fingerprint density at radius 3 is 2.92 bits per heavy atom. The molecule has 0 radical (unpaired) electrons. The summed E-state index contributed by atoms with van der Waals surface area (Å²) in [5, 5.41) is 2.08. The van der Waals surface area contributed by atoms with Crippen molar-refractivity contribution in [3.63, 3.8) is 0 Å². The van der Waals surface area contributed by atoms with Gasteiger partial charge in [-0.2, -0.15) is 0 Å². The molecule has 0 saturated carbocycles. The molecule has 0 amide bonds. The summed E-state index contributed by atoms with van der Waals surface area (Å²) in [6.07, 6.45) is 2.85. The lowest BCUT2D eigenvalue weighted by Crippen LogP contribution is -2.32. The topological polar surface area (TPSA) is 67.8 Å². The predicted octanol–water partition coefficient (Wildman–Crippen LogP) is -0.0177. The monoisotopic (exact) mass is 195 g/mol. The van der Waals surface area contributed by atoms with Crippen molar-refractivity contribution in [3.8, 4) is 5.13 Å². The molecule has 0 spiro atoms. The second-order valence-electron chi connectivity index (χ2n) is 2.27. The number of aromatic nitrogens is 3. The van der Waals surface area contributed by atoms with Gasteiger partial charge in [-0.3, -0.25) is 4.79 Å². The molecule has 6 heteroatoms. The first-order chi connectivity index (χ1) is 6.29. The minimum Gasteiger partial charge on any atom is -0.314 e. The van der Waals surface area contributed by atoms with Crippen molar-refractivity contribution >= 4 is 11.3 Å². The lowest BCUT2D eigenvalue weighted by atomic mass is 10.6. The molecule has 13 heavy (non-hydrogen) atoms. The van der Waals surface area contributed by atoms with Gasteiger partial charge in [0.05, 0.1) is 0 Å². The highest BCUT2D eigenvalue weighted by Gasteiger charge is 2.04. The van der Waals surface area contributed by atoms with E-state index in [9.17, 15) is 9.59 Å². The molecule has 0 fully saturated rings. The molecular weight excluding hydrogens is 190 g/mol. The molecule has 2 heterocycles. The number of hydrogen-bond donors (Lipinski definition) is 1. The molecular formula is C7H5N3O2S. The number of rotatable bonds is 1. The molecule has 1 N–H and O–H groups in total. The number of hydrogen-bond acceptors (Lipinski definition) is 4. The zero-order chi connectivity index (χ0) is 9.26. The Hall–Kier alpha value is -1.69. The molecule has 0 aliphatic heterocycles. The number of aromatic amines is 1. The molecule has 2 aromatic rings. The average molecular weight is 195 g/mol. The van der Waals surface area contributed by atoms with Crippen molar-refractivity contribution in [2.75, 3.05) is 0 Å². The van der Waals surface area contributed by atoms with Crippen LogP contribution < -0.4 is 11.2 Å². The minimum atomic E-state index is -0.470. The maximum Gasteiger partial charge on any atom is 0.334 e. The van der Waals surface area contributed by atoms with Gasteiger partial charge >= 0.3 is 5.69 Å². The van der Waals surface area contributed by atoms with Crippen molar-refractivity contribution in [1.82, 2.24) is 14.5 Å². The smallest absolute Gasteiger partial charge is 0.314 e. The lowest BCUT2D eigenvalue weighted by molar-refractivity contribution is 0.866. The Balaban J connectivity index is 2.79. The van der Waals surface area contributed by atoms with Crippen LogP contribution in [0.1, 0.15) is 0 Å². The molecule has 66 valence electrons. The van der Waals surface area contributed by atoms with Gasteiger partial charge in [0.1, 0.15) is 0 Å². The summed E-state index contributed by atoms with van der Waals surface area (Å²) in [5.74, 6) is 0. The third-order valence-corrected chi connectivity index (χ3v) is 2.22. The molecule has 2 aromatic heterocycles. The van der Waals surface area contributed by atoms with Crippen molar-refractivity contribution in [2.24, 2.45) is 0 Å². The van der Waals surface area contributed by atoms with Crippen LogP contribution in [-0.2, 0) is 0 Å². The van der Waals surface area contributed by atoms with E-state index in [4.69, 9.17) is 0 Å². The van der Waals surface area contributed by atoms with Crippen LogP contribution in [0.3, 0.4) is 0 Å². The quantitative estimate of drug-likeness (QED) is 0.695. The van der Waals surface area contributed by atoms with Crippen LogP contribution in [0.5, 0.6) is 0 Å². The van der Waals surface area contributed by atoms with Gasteiger partial charge in [0.2, 0.25) is 5.13 Å². The third-order valence-electron chi connectivity index (χ3n) is 1.47. The highest BCUT2D eigenvalue weighted by atomic mass is 32.1. The molecule has 0 aromatic carbocycles. The second-order valence-corrected chi connectivity index (χ2v) is 3.14. The van der Waals surface area contributed by atoms with E-state index in [1.165, 1.54) is 23.6 Å². The van der Waals surface area contributed by atoms with Gasteiger partial charge in [-0.15, -0.1) is 11.3 Å². The summed E-state index contributed by atoms with van der Waals surface area (Å²) in [6.45, 7) is 0. The maximum atomic E-state index is 11.2. The van der Waals surface area contributed by atoms with Gasteiger partial charge in [0, 0.05) is 23.8 Å². The second kappa shape index (κ2) is 2.98. The fourth-order valence-electron chi connectivity index (χ4n) is 0.931. The van der Waals surface area contributed by atoms with Gasteiger partial charge in [-0.05, 0) is 0 Å². The number of H-pyrrole nitrogens is 1. The van der Waals surface area contributed by atoms with E-state index in [1.807, 2.05) is 0 Å². The summed E-state index contributed by atoms with van der Waals surface area (Å²) in [4.78, 5) is 28.7. The SMILES string of the molecule is O=c1cc[nH]c(=O)n1-c1nccs1. The average Bonchev–Trinajstić information content (AvgIpc) is 2.57. The fraction of sp³-hybridized carbons (Fsp3) is 0. The first kappa shape index (κ1) is 7.93. The molecule has 0 atom stereocenters. The maximum absolute atomic E-state index is 11.2. The minimum absolute atomic E-state index is 0.376. The van der Waals surface area contributed by atoms with Crippen molar-refractivity contribution in [1.29, 1.82) is 0 Å². The van der Waals surface area contributed by atoms with E-state index >= 15 is 0 Å². The van der Waals surface area contributed by atoms with Gasteiger partial charge in [-0.1, -0.05) is 0 Å². The van der Waals surface area contributed by atoms with E-state index in [2.05, 4.69) is 9.97 Å². The number of thiazole rings is 1. The summed E-state index contributed by atoms with van der Waals surface area (Å²) < 4.78 is 0.991. The summed E-state index contributed by atoms with van der Waals surface area (Å²) >= 11 is 1.24. The number of nitrogens with one attached hydrogen (secondary N) is 1. The molecule has 0 aliphatic carbocycles. The standard InChI is InChI=1S/C7H5N3O2S/c11-5-1-2-8-6(12)10(5)7-9-3-4-13-7/h1-4H,(H,8,12). The molecule has 0 unspecified atom stereocenters. The summed E-state index contributed by atoms with van der Waals surface area (Å²) in [5.41, 5.74) is -0.846. The zero-order valence-corrected chi connectivity index (χ0v) is 7.25. The van der Waals surface area contributed by atoms with Crippen LogP contribution in [0.2, 0.25) is 0 Å². The van der Waals surface area contributed by atoms with Crippen molar-refractivity contribution in [2.45, 2.75) is 0 Å². The van der Waals surface area contributed by atoms with Crippen LogP contribution in [0, 0.1) is 0 Å². The fourth-order valence-corrected chi connectivity index (χ4v) is 1.57. The van der Waals surface area contributed by atoms with Gasteiger partial charge in [-0.25, -0.2) is 14.3 Å². The summed E-state index contributed by atoms with van der Waals surface area (Å²) in [7, 11) is 0. The molecule has 0 aliphatic rings. The van der Waals surface area contributed by atoms with E-state index in [-0.39, 0.29) is 5.56 Å². The lowest BCUT2D eigenvalue weighted by Gasteiger charge is -1.95. The van der Waals surface area contributed by atoms with Crippen molar-refractivity contribution in [3.05, 3.63) is 44.7 Å². The van der Waals surface area contributed by atoms with E-state index < -0.39 is 5.69 Å². The Bertz CT molecular complexity index is 483. The van der Waals surface area contributed by atoms with E-state index in [0.717, 1.165) is 4.57 Å². The van der Waals surface area contributed by atoms with Crippen molar-refractivity contribution < 1.29 is 0 Å². The third kappa shape index (κ3) is 1.31. The first-order valence-electron chi connectivity index (χ1n) is 3.49. The molecule has 5 nitrogen and oxygen atoms in total. The van der Waals surface area contributed by atoms with Crippen LogP contribution in [0.4, 0.5) is 0 Å². The van der Waals surface area contributed by atoms with Gasteiger partial charge in [0.25, 0.3) is 5.56 Å². The van der Waals surface area contributed by atoms with Crippen LogP contribution >= 0.6 is 11.3 Å². The zero-order valence-electron chi connectivity index (χ0n) is 6.43.